The van der Waals surface area contributed by atoms with Crippen molar-refractivity contribution in [2.45, 2.75) is 76.0 Å². The average Bonchev–Trinajstić information content (AvgIpc) is 2.66. The van der Waals surface area contributed by atoms with E-state index in [0.717, 1.165) is 12.8 Å². The van der Waals surface area contributed by atoms with E-state index in [9.17, 15) is 9.59 Å². The van der Waals surface area contributed by atoms with Gasteiger partial charge in [0.2, 0.25) is 5.91 Å². The highest BCUT2D eigenvalue weighted by Crippen LogP contribution is 2.16. The summed E-state index contributed by atoms with van der Waals surface area (Å²) < 4.78 is 5.34. The van der Waals surface area contributed by atoms with Gasteiger partial charge in [-0.1, -0.05) is 58.3 Å². The molecule has 1 rings (SSSR count). The number of unbranched alkanes of at least 4 members (excludes halogenated alkanes) is 8. The summed E-state index contributed by atoms with van der Waals surface area (Å²) in [7, 11) is 1.85. The molecule has 0 saturated heterocycles. The molecule has 5 heteroatoms. The van der Waals surface area contributed by atoms with Crippen molar-refractivity contribution in [1.82, 2.24) is 4.90 Å². The maximum atomic E-state index is 12.2. The van der Waals surface area contributed by atoms with Crippen LogP contribution >= 0.6 is 0 Å². The number of ether oxygens (including phenoxy) is 1. The van der Waals surface area contributed by atoms with Gasteiger partial charge in [0.05, 0.1) is 0 Å². The lowest BCUT2D eigenvalue weighted by atomic mass is 10.1. The molecule has 158 valence electrons. The quantitative estimate of drug-likeness (QED) is 0.184. The van der Waals surface area contributed by atoms with Gasteiger partial charge in [0, 0.05) is 24.4 Å². The molecular formula is C23H38NO3S+. The highest BCUT2D eigenvalue weighted by molar-refractivity contribution is 7.95. The summed E-state index contributed by atoms with van der Waals surface area (Å²) in [6.45, 7) is 2.22. The summed E-state index contributed by atoms with van der Waals surface area (Å²) in [6.07, 6.45) is 15.8. The molecule has 0 aliphatic carbocycles. The summed E-state index contributed by atoms with van der Waals surface area (Å²) in [5.74, 6) is 0.137. The zero-order valence-electron chi connectivity index (χ0n) is 18.2. The third kappa shape index (κ3) is 10.7. The predicted octanol–water partition coefficient (Wildman–Crippen LogP) is 5.21. The van der Waals surface area contributed by atoms with Crippen LogP contribution in [0.3, 0.4) is 0 Å². The maximum Gasteiger partial charge on any atom is 0.331 e. The third-order valence-electron chi connectivity index (χ3n) is 4.81. The van der Waals surface area contributed by atoms with Crippen molar-refractivity contribution in [3.63, 3.8) is 0 Å². The molecule has 0 N–H and O–H groups in total. The number of rotatable bonds is 14. The van der Waals surface area contributed by atoms with E-state index in [1.165, 1.54) is 54.7 Å². The number of nitrogens with zero attached hydrogens (tertiary/aromatic N) is 1. The van der Waals surface area contributed by atoms with Gasteiger partial charge in [-0.15, -0.1) is 0 Å². The number of amides is 1. The Bertz CT molecular complexity index is 572. The first kappa shape index (κ1) is 24.5. The lowest BCUT2D eigenvalue weighted by Crippen LogP contribution is -2.33. The zero-order valence-corrected chi connectivity index (χ0v) is 19.0. The number of carbonyl (C=O) groups is 2. The maximum absolute atomic E-state index is 12.2. The largest absolute Gasteiger partial charge is 0.425 e. The van der Waals surface area contributed by atoms with E-state index in [-0.39, 0.29) is 23.3 Å². The Morgan fingerprint density at radius 2 is 1.43 bits per heavy atom. The summed E-state index contributed by atoms with van der Waals surface area (Å²) in [6, 6.07) is 7.57. The number of esters is 1. The second kappa shape index (κ2) is 14.5. The smallest absolute Gasteiger partial charge is 0.331 e. The molecule has 0 unspecified atom stereocenters. The molecule has 0 saturated carbocycles. The summed E-state index contributed by atoms with van der Waals surface area (Å²) in [5.41, 5.74) is 0. The molecule has 1 amide bonds. The average molecular weight is 409 g/mol. The molecule has 0 heterocycles. The lowest BCUT2D eigenvalue weighted by molar-refractivity contribution is -0.141. The Morgan fingerprint density at radius 1 is 0.893 bits per heavy atom. The van der Waals surface area contributed by atoms with E-state index in [2.05, 4.69) is 19.4 Å². The van der Waals surface area contributed by atoms with E-state index >= 15 is 0 Å². The molecule has 0 aliphatic heterocycles. The van der Waals surface area contributed by atoms with Crippen LogP contribution in [0, 0.1) is 0 Å². The van der Waals surface area contributed by atoms with Crippen molar-refractivity contribution < 1.29 is 14.3 Å². The van der Waals surface area contributed by atoms with Crippen LogP contribution in [0.4, 0.5) is 0 Å². The second-order valence-electron chi connectivity index (χ2n) is 7.59. The highest BCUT2D eigenvalue weighted by Gasteiger charge is 2.15. The van der Waals surface area contributed by atoms with Gasteiger partial charge in [-0.2, -0.15) is 0 Å². The Balaban J connectivity index is 2.16. The molecule has 4 nitrogen and oxygen atoms in total. The van der Waals surface area contributed by atoms with Crippen molar-refractivity contribution in [3.8, 4) is 5.75 Å². The Hall–Kier alpha value is -1.49. The van der Waals surface area contributed by atoms with Crippen molar-refractivity contribution in [2.75, 3.05) is 26.1 Å². The number of carbonyl (C=O) groups excluding carboxylic acids is 2. The minimum atomic E-state index is -0.400. The fourth-order valence-corrected chi connectivity index (χ4v) is 3.68. The number of hydrogen-bond acceptors (Lipinski definition) is 3. The fourth-order valence-electron chi connectivity index (χ4n) is 3.00. The van der Waals surface area contributed by atoms with E-state index in [1.54, 1.807) is 7.05 Å². The zero-order chi connectivity index (χ0) is 20.8. The monoisotopic (exact) mass is 408 g/mol. The normalized spacial score (nSPS) is 10.9. The van der Waals surface area contributed by atoms with Gasteiger partial charge in [0.1, 0.15) is 24.8 Å². The van der Waals surface area contributed by atoms with Gasteiger partial charge >= 0.3 is 5.97 Å². The van der Waals surface area contributed by atoms with Crippen LogP contribution in [0.2, 0.25) is 0 Å². The van der Waals surface area contributed by atoms with Crippen LogP contribution in [0.5, 0.6) is 5.75 Å². The van der Waals surface area contributed by atoms with Crippen LogP contribution in [-0.4, -0.2) is 42.9 Å². The molecule has 28 heavy (non-hydrogen) atoms. The molecule has 1 aromatic rings. The van der Waals surface area contributed by atoms with Gasteiger partial charge in [0.25, 0.3) is 0 Å². The van der Waals surface area contributed by atoms with Crippen LogP contribution in [-0.2, 0) is 20.5 Å². The standard InChI is InChI=1S/C23H38NO3S/c1-5-6-7-8-9-10-11-12-13-14-22(25)24(2)19-23(26)27-20-15-17-21(18-16-20)28(3)4/h15-18H,5-14,19H2,1-4H3/q+1. The number of hydrogen-bond donors (Lipinski definition) is 0. The molecule has 0 aromatic heterocycles. The van der Waals surface area contributed by atoms with E-state index in [4.69, 9.17) is 4.74 Å². The minimum absolute atomic E-state index is 0.00998. The number of likely N-dealkylation sites (N-methyl/N-ethyl adjacent to an activating group) is 1. The van der Waals surface area contributed by atoms with E-state index in [1.807, 2.05) is 24.3 Å². The first-order valence-electron chi connectivity index (χ1n) is 10.6. The Labute approximate surface area is 174 Å². The Kier molecular flexibility index (Phi) is 12.7. The summed E-state index contributed by atoms with van der Waals surface area (Å²) in [4.78, 5) is 26.9. The molecular weight excluding hydrogens is 370 g/mol. The molecule has 0 spiro atoms. The van der Waals surface area contributed by atoms with Gasteiger partial charge in [-0.05, 0) is 30.7 Å². The van der Waals surface area contributed by atoms with Crippen LogP contribution in [0.15, 0.2) is 29.2 Å². The second-order valence-corrected chi connectivity index (χ2v) is 9.69. The molecule has 0 radical (unpaired) electrons. The predicted molar refractivity (Wildman–Crippen MR) is 119 cm³/mol. The highest BCUT2D eigenvalue weighted by atomic mass is 32.2. The molecule has 0 aliphatic rings. The Morgan fingerprint density at radius 3 is 1.96 bits per heavy atom. The first-order valence-corrected chi connectivity index (χ1v) is 12.6. The van der Waals surface area contributed by atoms with Crippen LogP contribution in [0.1, 0.15) is 71.1 Å². The van der Waals surface area contributed by atoms with Gasteiger partial charge in [-0.3, -0.25) is 4.79 Å². The molecule has 0 bridgehead atoms. The SMILES string of the molecule is CCCCCCCCCCCC(=O)N(C)CC(=O)Oc1ccc([S+](C)C)cc1. The van der Waals surface area contributed by atoms with Crippen molar-refractivity contribution >= 4 is 22.8 Å². The van der Waals surface area contributed by atoms with Gasteiger partial charge in [-0.25, -0.2) is 4.79 Å². The topological polar surface area (TPSA) is 46.6 Å². The number of benzene rings is 1. The van der Waals surface area contributed by atoms with Crippen LogP contribution < -0.4 is 4.74 Å². The van der Waals surface area contributed by atoms with Crippen molar-refractivity contribution in [1.29, 1.82) is 0 Å². The molecule has 1 aromatic carbocycles. The van der Waals surface area contributed by atoms with Crippen molar-refractivity contribution in [3.05, 3.63) is 24.3 Å². The summed E-state index contributed by atoms with van der Waals surface area (Å²) in [5, 5.41) is 0. The first-order chi connectivity index (χ1) is 13.4. The van der Waals surface area contributed by atoms with Gasteiger partial charge < -0.3 is 9.64 Å². The molecule has 0 atom stereocenters. The van der Waals surface area contributed by atoms with Gasteiger partial charge in [0.15, 0.2) is 4.90 Å². The van der Waals surface area contributed by atoms with E-state index < -0.39 is 5.97 Å². The minimum Gasteiger partial charge on any atom is -0.425 e. The third-order valence-corrected chi connectivity index (χ3v) is 6.03. The summed E-state index contributed by atoms with van der Waals surface area (Å²) >= 11 is 0. The lowest BCUT2D eigenvalue weighted by Gasteiger charge is -2.16. The van der Waals surface area contributed by atoms with Crippen molar-refractivity contribution in [2.24, 2.45) is 0 Å². The fraction of sp³-hybridized carbons (Fsp3) is 0.652. The van der Waals surface area contributed by atoms with E-state index in [0.29, 0.717) is 12.2 Å². The molecule has 0 fully saturated rings. The van der Waals surface area contributed by atoms with Crippen LogP contribution in [0.25, 0.3) is 0 Å².